The zero-order valence-corrected chi connectivity index (χ0v) is 18.1. The number of morpholine rings is 1. The first-order chi connectivity index (χ1) is 13.3. The van der Waals surface area contributed by atoms with Crippen LogP contribution in [0.25, 0.3) is 0 Å². The van der Waals surface area contributed by atoms with Gasteiger partial charge in [-0.2, -0.15) is 4.31 Å². The highest BCUT2D eigenvalue weighted by Gasteiger charge is 2.29. The largest absolute Gasteiger partial charge is 0.379 e. The molecule has 0 atom stereocenters. The van der Waals surface area contributed by atoms with Crippen LogP contribution in [0.15, 0.2) is 23.1 Å². The van der Waals surface area contributed by atoms with E-state index < -0.39 is 10.0 Å². The van der Waals surface area contributed by atoms with E-state index >= 15 is 0 Å². The molecule has 0 bridgehead atoms. The summed E-state index contributed by atoms with van der Waals surface area (Å²) in [6, 6.07) is 4.46. The van der Waals surface area contributed by atoms with Gasteiger partial charge < -0.3 is 10.1 Å². The Bertz CT molecular complexity index is 969. The molecule has 1 amide bonds. The number of benzene rings is 1. The van der Waals surface area contributed by atoms with E-state index in [0.717, 1.165) is 17.8 Å². The first-order valence-corrected chi connectivity index (χ1v) is 11.6. The second kappa shape index (κ2) is 8.87. The molecule has 0 radical (unpaired) electrons. The number of anilines is 1. The maximum atomic E-state index is 12.9. The van der Waals surface area contributed by atoms with Crippen molar-refractivity contribution in [1.29, 1.82) is 0 Å². The van der Waals surface area contributed by atoms with Crippen molar-refractivity contribution in [2.45, 2.75) is 31.6 Å². The third-order valence-corrected chi connectivity index (χ3v) is 7.88. The predicted octanol–water partition coefficient (Wildman–Crippen LogP) is 3.33. The van der Waals surface area contributed by atoms with E-state index in [2.05, 4.69) is 17.2 Å². The number of amides is 1. The molecule has 0 saturated carbocycles. The van der Waals surface area contributed by atoms with E-state index in [1.54, 1.807) is 13.0 Å². The number of aryl methyl sites for hydroxylation is 2. The number of thiazole rings is 1. The van der Waals surface area contributed by atoms with E-state index in [1.807, 2.05) is 0 Å². The van der Waals surface area contributed by atoms with Gasteiger partial charge in [0.05, 0.1) is 28.9 Å². The minimum atomic E-state index is -3.77. The van der Waals surface area contributed by atoms with Crippen LogP contribution in [-0.4, -0.2) is 49.9 Å². The number of aromatic nitrogens is 1. The molecule has 0 unspecified atom stereocenters. The molecule has 1 fully saturated rings. The van der Waals surface area contributed by atoms with Gasteiger partial charge in [0.2, 0.25) is 10.0 Å². The van der Waals surface area contributed by atoms with Crippen LogP contribution in [0.4, 0.5) is 5.69 Å². The standard InChI is InChI=1S/C18H22ClN3O4S2/c1-3-4-16-20-12(2)17(27-16)18(23)21-13-5-6-14(19)15(11-13)28(24,25)22-7-9-26-10-8-22/h5-6,11H,3-4,7-10H2,1-2H3,(H,21,23). The van der Waals surface area contributed by atoms with Gasteiger partial charge in [0, 0.05) is 18.8 Å². The monoisotopic (exact) mass is 443 g/mol. The van der Waals surface area contributed by atoms with Crippen molar-refractivity contribution < 1.29 is 17.9 Å². The number of ether oxygens (including phenoxy) is 1. The molecule has 1 aliphatic heterocycles. The van der Waals surface area contributed by atoms with Gasteiger partial charge in [0.1, 0.15) is 9.77 Å². The van der Waals surface area contributed by atoms with Gasteiger partial charge in [0.15, 0.2) is 0 Å². The smallest absolute Gasteiger partial charge is 0.267 e. The third kappa shape index (κ3) is 4.55. The fourth-order valence-corrected chi connectivity index (χ4v) is 5.85. The van der Waals surface area contributed by atoms with Crippen LogP contribution in [0.1, 0.15) is 33.7 Å². The molecule has 2 heterocycles. The highest BCUT2D eigenvalue weighted by molar-refractivity contribution is 7.89. The van der Waals surface area contributed by atoms with E-state index in [1.165, 1.54) is 27.8 Å². The van der Waals surface area contributed by atoms with Crippen LogP contribution >= 0.6 is 22.9 Å². The Kier molecular flexibility index (Phi) is 6.72. The summed E-state index contributed by atoms with van der Waals surface area (Å²) in [5.41, 5.74) is 1.03. The van der Waals surface area contributed by atoms with Gasteiger partial charge in [-0.15, -0.1) is 11.3 Å². The van der Waals surface area contributed by atoms with Crippen molar-refractivity contribution in [3.63, 3.8) is 0 Å². The van der Waals surface area contributed by atoms with Gasteiger partial charge >= 0.3 is 0 Å². The van der Waals surface area contributed by atoms with E-state index in [4.69, 9.17) is 16.3 Å². The minimum Gasteiger partial charge on any atom is -0.379 e. The number of hydrogen-bond acceptors (Lipinski definition) is 6. The van der Waals surface area contributed by atoms with Crippen LogP contribution in [0, 0.1) is 6.92 Å². The van der Waals surface area contributed by atoms with Crippen LogP contribution < -0.4 is 5.32 Å². The molecular formula is C18H22ClN3O4S2. The molecule has 28 heavy (non-hydrogen) atoms. The molecule has 1 aromatic carbocycles. The maximum Gasteiger partial charge on any atom is 0.267 e. The van der Waals surface area contributed by atoms with E-state index in [-0.39, 0.29) is 28.9 Å². The second-order valence-electron chi connectivity index (χ2n) is 6.39. The fraction of sp³-hybridized carbons (Fsp3) is 0.444. The number of sulfonamides is 1. The summed E-state index contributed by atoms with van der Waals surface area (Å²) >= 11 is 7.52. The molecule has 1 saturated heterocycles. The molecule has 0 aliphatic carbocycles. The molecule has 1 aliphatic rings. The average molecular weight is 444 g/mol. The Labute approximate surface area is 173 Å². The molecule has 0 spiro atoms. The van der Waals surface area contributed by atoms with Gasteiger partial charge in [-0.1, -0.05) is 18.5 Å². The average Bonchev–Trinajstić information content (AvgIpc) is 3.04. The third-order valence-electron chi connectivity index (χ3n) is 4.29. The zero-order chi connectivity index (χ0) is 20.3. The van der Waals surface area contributed by atoms with Crippen molar-refractivity contribution in [3.8, 4) is 0 Å². The molecule has 152 valence electrons. The summed E-state index contributed by atoms with van der Waals surface area (Å²) in [6.45, 7) is 5.09. The fourth-order valence-electron chi connectivity index (χ4n) is 2.88. The van der Waals surface area contributed by atoms with Gasteiger partial charge in [0.25, 0.3) is 5.91 Å². The molecule has 3 rings (SSSR count). The SMILES string of the molecule is CCCc1nc(C)c(C(=O)Nc2ccc(Cl)c(S(=O)(=O)N3CCOCC3)c2)s1. The number of rotatable bonds is 6. The second-order valence-corrected chi connectivity index (χ2v) is 9.79. The summed E-state index contributed by atoms with van der Waals surface area (Å²) in [7, 11) is -3.77. The summed E-state index contributed by atoms with van der Waals surface area (Å²) in [4.78, 5) is 17.6. The summed E-state index contributed by atoms with van der Waals surface area (Å²) in [5, 5.41) is 3.79. The summed E-state index contributed by atoms with van der Waals surface area (Å²) in [5.74, 6) is -0.311. The highest BCUT2D eigenvalue weighted by Crippen LogP contribution is 2.29. The lowest BCUT2D eigenvalue weighted by molar-refractivity contribution is 0.0730. The van der Waals surface area contributed by atoms with Crippen LogP contribution in [-0.2, 0) is 21.2 Å². The Balaban J connectivity index is 1.84. The normalized spacial score (nSPS) is 15.5. The topological polar surface area (TPSA) is 88.6 Å². The van der Waals surface area contributed by atoms with Crippen LogP contribution in [0.5, 0.6) is 0 Å². The van der Waals surface area contributed by atoms with Gasteiger partial charge in [-0.25, -0.2) is 13.4 Å². The number of nitrogens with one attached hydrogen (secondary N) is 1. The molecule has 2 aromatic rings. The molecule has 7 nitrogen and oxygen atoms in total. The van der Waals surface area contributed by atoms with Crippen molar-refractivity contribution >= 4 is 44.6 Å². The Hall–Kier alpha value is -1.52. The first-order valence-electron chi connectivity index (χ1n) is 8.98. The van der Waals surface area contributed by atoms with Crippen LogP contribution in [0.2, 0.25) is 5.02 Å². The molecule has 1 N–H and O–H groups in total. The minimum absolute atomic E-state index is 0.0263. The Morgan fingerprint density at radius 3 is 2.75 bits per heavy atom. The molecule has 10 heteroatoms. The number of hydrogen-bond donors (Lipinski definition) is 1. The zero-order valence-electron chi connectivity index (χ0n) is 15.7. The van der Waals surface area contributed by atoms with Crippen LogP contribution in [0.3, 0.4) is 0 Å². The van der Waals surface area contributed by atoms with Crippen molar-refractivity contribution in [2.24, 2.45) is 0 Å². The Morgan fingerprint density at radius 2 is 2.07 bits per heavy atom. The first kappa shape index (κ1) is 21.2. The lowest BCUT2D eigenvalue weighted by Gasteiger charge is -2.26. The van der Waals surface area contributed by atoms with Gasteiger partial charge in [-0.05, 0) is 38.0 Å². The maximum absolute atomic E-state index is 12.9. The number of carbonyl (C=O) groups is 1. The highest BCUT2D eigenvalue weighted by atomic mass is 35.5. The van der Waals surface area contributed by atoms with Crippen molar-refractivity contribution in [2.75, 3.05) is 31.6 Å². The number of nitrogens with zero attached hydrogens (tertiary/aromatic N) is 2. The van der Waals surface area contributed by atoms with Crippen molar-refractivity contribution in [3.05, 3.63) is 38.8 Å². The van der Waals surface area contributed by atoms with Gasteiger partial charge in [-0.3, -0.25) is 4.79 Å². The van der Waals surface area contributed by atoms with E-state index in [0.29, 0.717) is 29.5 Å². The molecule has 1 aromatic heterocycles. The molecular weight excluding hydrogens is 422 g/mol. The summed E-state index contributed by atoms with van der Waals surface area (Å²) in [6.07, 6.45) is 1.77. The lowest BCUT2D eigenvalue weighted by Crippen LogP contribution is -2.40. The summed E-state index contributed by atoms with van der Waals surface area (Å²) < 4.78 is 32.4. The number of halogens is 1. The Morgan fingerprint density at radius 1 is 1.36 bits per heavy atom. The van der Waals surface area contributed by atoms with E-state index in [9.17, 15) is 13.2 Å². The number of carbonyl (C=O) groups excluding carboxylic acids is 1. The lowest BCUT2D eigenvalue weighted by atomic mass is 10.3. The predicted molar refractivity (Wildman–Crippen MR) is 110 cm³/mol. The quantitative estimate of drug-likeness (QED) is 0.739. The van der Waals surface area contributed by atoms with Crippen molar-refractivity contribution in [1.82, 2.24) is 9.29 Å².